The van der Waals surface area contributed by atoms with Crippen LogP contribution in [0, 0.1) is 34.6 Å². The molecule has 0 radical (unpaired) electrons. The lowest BCUT2D eigenvalue weighted by Crippen LogP contribution is -2.10. The first kappa shape index (κ1) is 101. The molecule has 20 aromatic carbocycles. The van der Waals surface area contributed by atoms with Gasteiger partial charge >= 0.3 is 0 Å². The summed E-state index contributed by atoms with van der Waals surface area (Å²) in [7, 11) is -0.682. The lowest BCUT2D eigenvalue weighted by Gasteiger charge is -2.19. The van der Waals surface area contributed by atoms with Gasteiger partial charge in [0.2, 0.25) is 0 Å². The van der Waals surface area contributed by atoms with Crippen LogP contribution < -0.4 is 23.7 Å². The molecule has 143 heavy (non-hydrogen) atoms. The third-order valence-corrected chi connectivity index (χ3v) is 34.5. The van der Waals surface area contributed by atoms with E-state index >= 15 is 0 Å². The fourth-order valence-corrected chi connectivity index (χ4v) is 26.0. The molecule has 20 aromatic rings. The van der Waals surface area contributed by atoms with Crippen LogP contribution in [-0.2, 0) is 65.3 Å². The number of hydrogen-bond donors (Lipinski definition) is 0. The van der Waals surface area contributed by atoms with Crippen LogP contribution in [0.2, 0.25) is 0 Å². The summed E-state index contributed by atoms with van der Waals surface area (Å²) in [6, 6.07) is 187. The first-order valence-corrected chi connectivity index (χ1v) is 54.4. The summed E-state index contributed by atoms with van der Waals surface area (Å²) in [5, 5.41) is 0. The number of rotatable bonds is 25. The number of ether oxygens (including phenoxy) is 5. The minimum absolute atomic E-state index is 0.128. The van der Waals surface area contributed by atoms with Crippen LogP contribution in [0.25, 0.3) is 0 Å². The first-order chi connectivity index (χ1) is 69.7. The average Bonchev–Trinajstić information content (AvgIpc) is 0.824. The van der Waals surface area contributed by atoms with Gasteiger partial charge in [0.15, 0.2) is 73.4 Å². The van der Waals surface area contributed by atoms with Gasteiger partial charge in [0.05, 0.1) is 54.5 Å². The van der Waals surface area contributed by atoms with Crippen molar-refractivity contribution in [2.24, 2.45) is 0 Å². The molecule has 0 aliphatic rings. The summed E-state index contributed by atoms with van der Waals surface area (Å²) >= 11 is 0. The van der Waals surface area contributed by atoms with Crippen molar-refractivity contribution in [3.63, 3.8) is 0 Å². The molecule has 0 fully saturated rings. The highest BCUT2D eigenvalue weighted by molar-refractivity contribution is 7.98. The van der Waals surface area contributed by atoms with Crippen LogP contribution in [0.15, 0.2) is 607 Å². The molecule has 5 nitrogen and oxygen atoms in total. The lowest BCUT2D eigenvalue weighted by atomic mass is 9.87. The average molecular weight is 1960 g/mol. The Morgan fingerprint density at radius 1 is 0.119 bits per heavy atom. The highest BCUT2D eigenvalue weighted by atomic mass is 32.2. The summed E-state index contributed by atoms with van der Waals surface area (Å²) in [4.78, 5) is 19.6. The molecule has 0 bridgehead atoms. The van der Waals surface area contributed by atoms with E-state index in [1.807, 2.05) is 66.7 Å². The Kier molecular flexibility index (Phi) is 35.4. The molecule has 0 aliphatic carbocycles. The molecule has 708 valence electrons. The molecule has 0 saturated heterocycles. The van der Waals surface area contributed by atoms with E-state index in [2.05, 4.69) is 543 Å². The summed E-state index contributed by atoms with van der Waals surface area (Å²) in [6.07, 6.45) is 0. The Balaban J connectivity index is 0.000000128. The van der Waals surface area contributed by atoms with Gasteiger partial charge in [0, 0.05) is 0 Å². The number of aryl methyl sites for hydroxylation is 5. The second kappa shape index (κ2) is 50.0. The fraction of sp³-hybridized carbons (Fsp3) is 0.0977. The summed E-state index contributed by atoms with van der Waals surface area (Å²) in [6.45, 7) is 23.9. The van der Waals surface area contributed by atoms with E-state index in [1.165, 1.54) is 112 Å². The highest BCUT2D eigenvalue weighted by Gasteiger charge is 2.34. The minimum Gasteiger partial charge on any atom is -0.457 e. The van der Waals surface area contributed by atoms with Gasteiger partial charge < -0.3 is 23.7 Å². The topological polar surface area (TPSA) is 46.2 Å². The predicted octanol–water partition coefficient (Wildman–Crippen LogP) is 37.0. The maximum atomic E-state index is 6.11. The van der Waals surface area contributed by atoms with Crippen molar-refractivity contribution in [2.75, 3.05) is 0 Å². The van der Waals surface area contributed by atoms with E-state index in [0.717, 1.165) is 57.5 Å². The smallest absolute Gasteiger partial charge is 0.166 e. The summed E-state index contributed by atoms with van der Waals surface area (Å²) in [5.41, 5.74) is 9.19. The maximum Gasteiger partial charge on any atom is 0.166 e. The third kappa shape index (κ3) is 29.2. The van der Waals surface area contributed by atoms with E-state index in [1.54, 1.807) is 0 Å². The van der Waals surface area contributed by atoms with Crippen molar-refractivity contribution < 1.29 is 23.7 Å². The summed E-state index contributed by atoms with van der Waals surface area (Å²) < 4.78 is 30.1. The molecule has 0 aromatic heterocycles. The van der Waals surface area contributed by atoms with Gasteiger partial charge in [0.1, 0.15) is 57.5 Å². The van der Waals surface area contributed by atoms with Crippen LogP contribution in [0.1, 0.15) is 80.5 Å². The van der Waals surface area contributed by atoms with Crippen molar-refractivity contribution in [2.45, 2.75) is 160 Å². The van der Waals surface area contributed by atoms with Gasteiger partial charge in [-0.1, -0.05) is 300 Å². The molecule has 20 rings (SSSR count). The van der Waals surface area contributed by atoms with Crippen LogP contribution >= 0.6 is 0 Å². The monoisotopic (exact) mass is 1960 g/mol. The molecule has 3 unspecified atom stereocenters. The molecular weight excluding hydrogens is 1840 g/mol. The van der Waals surface area contributed by atoms with E-state index in [0.29, 0.717) is 0 Å². The molecule has 0 amide bonds. The molecule has 0 N–H and O–H groups in total. The van der Waals surface area contributed by atoms with Crippen LogP contribution in [0.5, 0.6) is 57.5 Å². The van der Waals surface area contributed by atoms with Crippen molar-refractivity contribution in [3.8, 4) is 57.5 Å². The molecule has 3 atom stereocenters. The third-order valence-electron chi connectivity index (χ3n) is 23.3. The Hall–Kier alpha value is -14.9. The Morgan fingerprint density at radius 3 is 0.371 bits per heavy atom. The van der Waals surface area contributed by atoms with Crippen LogP contribution in [0.4, 0.5) is 0 Å². The number of para-hydroxylation sites is 1. The number of benzene rings is 20. The fourth-order valence-electron chi connectivity index (χ4n) is 15.6. The maximum absolute atomic E-state index is 6.11. The van der Waals surface area contributed by atoms with Gasteiger partial charge in [-0.15, -0.1) is 0 Å². The molecule has 0 saturated carbocycles. The van der Waals surface area contributed by atoms with Crippen LogP contribution in [0.3, 0.4) is 0 Å². The molecule has 0 spiro atoms. The standard InChI is InChI=1S/C29H29OS.C28H27OS.C26H23OS.2C25H21OS/c1-22-10-18-27(19-11-22)31(26-8-6-5-7-9-26)28-20-16-25(17-21-28)30-24-14-12-23(13-15-24)29(2,3)4;1-28(2,3)22-14-16-23(17-15-22)29-24-18-20-27(21-19-24)30(25-10-6-4-7-11-25)26-12-8-5-9-13-26;1-20-8-12-22(13-9-20)27-23-14-18-26(19-15-23)28(24-6-4-3-5-7-24)25-16-10-21(2)11-17-25;1-20-12-16-24(17-13-20)27(23-10-6-3-7-11-23)25-18-14-22(15-19-25)26-21-8-4-2-5-9-21;1-20-12-14-21(15-13-20)26-22-16-18-25(19-17-22)27(23-8-4-2-5-9-23)24-10-6-3-7-11-24/h5-21H,1-4H3;4-21H,1-3H3;3-19H,1-2H3;2*2-19H,1H3/q5*+1. The molecule has 0 heterocycles. The van der Waals surface area contributed by atoms with Crippen molar-refractivity contribution >= 4 is 54.5 Å². The molecular formula is C133H121O5S5+5. The quantitative estimate of drug-likeness (QED) is 0.0534. The van der Waals surface area contributed by atoms with Gasteiger partial charge in [-0.25, -0.2) is 0 Å². The first-order valence-electron chi connectivity index (χ1n) is 48.2. The van der Waals surface area contributed by atoms with Crippen LogP contribution in [-0.4, -0.2) is 0 Å². The minimum atomic E-state index is -0.146. The van der Waals surface area contributed by atoms with Gasteiger partial charge in [-0.3, -0.25) is 0 Å². The molecule has 10 heteroatoms. The van der Waals surface area contributed by atoms with Crippen molar-refractivity contribution in [3.05, 3.63) is 573 Å². The SMILES string of the molecule is CC(C)(C)c1ccc(Oc2ccc([S+](c3ccccc3)c3ccccc3)cc2)cc1.Cc1ccc(Oc2ccc([S+](c3ccccc3)c3ccc(C)cc3)cc2)cc1.Cc1ccc(Oc2ccc([S+](c3ccccc3)c3ccccc3)cc2)cc1.Cc1ccc([S+](c2ccccc2)c2ccc(Oc3ccc(C(C)(C)C)cc3)cc2)cc1.Cc1ccc([S+](c2ccccc2)c2ccc(Oc3ccccc3)cc2)cc1. The number of hydrogen-bond acceptors (Lipinski definition) is 5. The Labute approximate surface area is 861 Å². The van der Waals surface area contributed by atoms with Gasteiger partial charge in [-0.05, 0) is 360 Å². The largest absolute Gasteiger partial charge is 0.457 e. The lowest BCUT2D eigenvalue weighted by molar-refractivity contribution is 0.480. The van der Waals surface area contributed by atoms with E-state index < -0.39 is 0 Å². The summed E-state index contributed by atoms with van der Waals surface area (Å²) in [5.74, 6) is 8.57. The zero-order valence-corrected chi connectivity index (χ0v) is 87.0. The van der Waals surface area contributed by atoms with E-state index in [9.17, 15) is 0 Å². The highest BCUT2D eigenvalue weighted by Crippen LogP contribution is 2.41. The zero-order valence-electron chi connectivity index (χ0n) is 82.9. The Bertz CT molecular complexity index is 7120. The second-order valence-corrected chi connectivity index (χ2v) is 46.6. The predicted molar refractivity (Wildman–Crippen MR) is 601 cm³/mol. The molecule has 0 aliphatic heterocycles. The van der Waals surface area contributed by atoms with Crippen molar-refractivity contribution in [1.29, 1.82) is 0 Å². The zero-order chi connectivity index (χ0) is 99.1. The van der Waals surface area contributed by atoms with Gasteiger partial charge in [0.25, 0.3) is 0 Å². The normalized spacial score (nSPS) is 11.6. The second-order valence-electron chi connectivity index (χ2n) is 36.5. The Morgan fingerprint density at radius 2 is 0.224 bits per heavy atom. The van der Waals surface area contributed by atoms with E-state index in [4.69, 9.17) is 23.7 Å². The van der Waals surface area contributed by atoms with Crippen molar-refractivity contribution in [1.82, 2.24) is 0 Å². The van der Waals surface area contributed by atoms with E-state index in [-0.39, 0.29) is 65.3 Å². The van der Waals surface area contributed by atoms with Gasteiger partial charge in [-0.2, -0.15) is 0 Å².